The van der Waals surface area contributed by atoms with Crippen molar-refractivity contribution in [2.24, 2.45) is 4.99 Å². The number of hydrogen-bond acceptors (Lipinski definition) is 5. The molecule has 2 heterocycles. The highest BCUT2D eigenvalue weighted by Crippen LogP contribution is 2.26. The van der Waals surface area contributed by atoms with Crippen LogP contribution in [-0.4, -0.2) is 34.5 Å². The molecule has 0 aromatic carbocycles. The minimum atomic E-state index is -0.584. The molecule has 1 atom stereocenters. The predicted octanol–water partition coefficient (Wildman–Crippen LogP) is 4.56. The third-order valence-corrected chi connectivity index (χ3v) is 3.51. The second-order valence-corrected chi connectivity index (χ2v) is 8.26. The number of esters is 1. The first-order valence-corrected chi connectivity index (χ1v) is 8.61. The molecule has 6 heteroatoms. The number of hydrogen-bond donors (Lipinski definition) is 0. The number of ether oxygens (including phenoxy) is 2. The van der Waals surface area contributed by atoms with Crippen LogP contribution < -0.4 is 0 Å². The highest BCUT2D eigenvalue weighted by molar-refractivity contribution is 6.32. The van der Waals surface area contributed by atoms with E-state index in [1.165, 1.54) is 0 Å². The Hall–Kier alpha value is -1.72. The maximum atomic E-state index is 12.1. The number of halogens is 1. The summed E-state index contributed by atoms with van der Waals surface area (Å²) in [6.45, 7) is 11.9. The van der Waals surface area contributed by atoms with E-state index in [-0.39, 0.29) is 22.4 Å². The second-order valence-electron chi connectivity index (χ2n) is 7.90. The molecular weight excluding hydrogens is 340 g/mol. The molecule has 1 unspecified atom stereocenters. The minimum absolute atomic E-state index is 0.120. The highest BCUT2D eigenvalue weighted by Gasteiger charge is 2.23. The normalized spacial score (nSPS) is 17.6. The molecule has 0 spiro atoms. The fraction of sp³-hybridized carbons (Fsp3) is 0.526. The molecule has 1 aliphatic heterocycles. The molecule has 0 amide bonds. The van der Waals surface area contributed by atoms with Gasteiger partial charge >= 0.3 is 5.97 Å². The van der Waals surface area contributed by atoms with E-state index < -0.39 is 11.6 Å². The molecule has 0 aliphatic carbocycles. The van der Waals surface area contributed by atoms with Crippen molar-refractivity contribution < 1.29 is 14.3 Å². The van der Waals surface area contributed by atoms with Crippen LogP contribution >= 0.6 is 11.6 Å². The number of carbonyl (C=O) groups excluding carboxylic acids is 1. The number of nitrogens with zero attached hydrogens (tertiary/aromatic N) is 2. The summed E-state index contributed by atoms with van der Waals surface area (Å²) in [5.74, 6) is -0.485. The Morgan fingerprint density at radius 3 is 2.40 bits per heavy atom. The summed E-state index contributed by atoms with van der Waals surface area (Å²) in [6, 6.07) is 3.16. The number of aromatic nitrogens is 1. The van der Waals surface area contributed by atoms with E-state index in [9.17, 15) is 4.79 Å². The van der Waals surface area contributed by atoms with Gasteiger partial charge in [-0.3, -0.25) is 4.99 Å². The maximum absolute atomic E-state index is 12.1. The minimum Gasteiger partial charge on any atom is -0.456 e. The lowest BCUT2D eigenvalue weighted by atomic mass is 10.1. The van der Waals surface area contributed by atoms with Gasteiger partial charge in [-0.1, -0.05) is 17.7 Å². The Kier molecular flexibility index (Phi) is 5.69. The summed E-state index contributed by atoms with van der Waals surface area (Å²) in [4.78, 5) is 21.0. The molecular formula is C19H25ClN2O3. The van der Waals surface area contributed by atoms with E-state index in [2.05, 4.69) is 9.98 Å². The van der Waals surface area contributed by atoms with E-state index in [0.29, 0.717) is 12.3 Å². The van der Waals surface area contributed by atoms with Gasteiger partial charge in [-0.25, -0.2) is 9.78 Å². The molecule has 25 heavy (non-hydrogen) atoms. The van der Waals surface area contributed by atoms with Crippen molar-refractivity contribution in [3.8, 4) is 0 Å². The molecule has 0 N–H and O–H groups in total. The first kappa shape index (κ1) is 19.6. The standard InChI is InChI=1S/C19H25ClN2O3/c1-18(2,3)24-11-12-7-9-14(21-12)15-10-8-13(16(20)22-15)17(23)25-19(4,5)6/h7-10,14H,11H2,1-6H3. The van der Waals surface area contributed by atoms with Crippen LogP contribution in [0.4, 0.5) is 0 Å². The Labute approximate surface area is 154 Å². The van der Waals surface area contributed by atoms with E-state index in [1.807, 2.05) is 32.9 Å². The average molecular weight is 365 g/mol. The summed E-state index contributed by atoms with van der Waals surface area (Å²) in [5.41, 5.74) is 0.987. The van der Waals surface area contributed by atoms with Gasteiger partial charge in [-0.15, -0.1) is 0 Å². The molecule has 136 valence electrons. The van der Waals surface area contributed by atoms with Crippen molar-refractivity contribution in [3.05, 3.63) is 40.7 Å². The van der Waals surface area contributed by atoms with Crippen molar-refractivity contribution >= 4 is 23.3 Å². The van der Waals surface area contributed by atoms with Crippen LogP contribution in [0, 0.1) is 0 Å². The summed E-state index contributed by atoms with van der Waals surface area (Å²) < 4.78 is 11.1. The fourth-order valence-corrected chi connectivity index (χ4v) is 2.34. The van der Waals surface area contributed by atoms with Crippen LogP contribution in [0.1, 0.15) is 63.6 Å². The zero-order chi connectivity index (χ0) is 18.8. The summed E-state index contributed by atoms with van der Waals surface area (Å²) in [5, 5.41) is 0.120. The van der Waals surface area contributed by atoms with Crippen molar-refractivity contribution in [2.45, 2.75) is 58.8 Å². The van der Waals surface area contributed by atoms with Crippen LogP contribution in [0.3, 0.4) is 0 Å². The van der Waals surface area contributed by atoms with Crippen LogP contribution in [0.2, 0.25) is 5.15 Å². The first-order chi connectivity index (χ1) is 11.4. The van der Waals surface area contributed by atoms with Gasteiger partial charge in [-0.05, 0) is 59.8 Å². The second kappa shape index (κ2) is 7.26. The van der Waals surface area contributed by atoms with Gasteiger partial charge < -0.3 is 9.47 Å². The molecule has 0 radical (unpaired) electrons. The fourth-order valence-electron chi connectivity index (χ4n) is 2.11. The Morgan fingerprint density at radius 1 is 1.16 bits per heavy atom. The van der Waals surface area contributed by atoms with Crippen molar-refractivity contribution in [2.75, 3.05) is 6.61 Å². The third-order valence-electron chi connectivity index (χ3n) is 3.22. The number of pyridine rings is 1. The summed E-state index contributed by atoms with van der Waals surface area (Å²) in [6.07, 6.45) is 3.86. The van der Waals surface area contributed by atoms with E-state index in [1.54, 1.807) is 32.9 Å². The molecule has 1 aromatic heterocycles. The third kappa shape index (κ3) is 5.94. The zero-order valence-corrected chi connectivity index (χ0v) is 16.3. The zero-order valence-electron chi connectivity index (χ0n) is 15.6. The van der Waals surface area contributed by atoms with Crippen LogP contribution in [0.15, 0.2) is 29.3 Å². The van der Waals surface area contributed by atoms with Gasteiger partial charge in [0.15, 0.2) is 0 Å². The van der Waals surface area contributed by atoms with E-state index >= 15 is 0 Å². The molecule has 1 aromatic rings. The Balaban J connectivity index is 2.10. The lowest BCUT2D eigenvalue weighted by Crippen LogP contribution is -2.24. The monoisotopic (exact) mass is 364 g/mol. The first-order valence-electron chi connectivity index (χ1n) is 8.23. The molecule has 0 fully saturated rings. The van der Waals surface area contributed by atoms with Crippen LogP contribution in [0.25, 0.3) is 0 Å². The number of carbonyl (C=O) groups is 1. The average Bonchev–Trinajstić information content (AvgIpc) is 2.91. The largest absolute Gasteiger partial charge is 0.456 e. The molecule has 2 rings (SSSR count). The number of aliphatic imine (C=N–C) groups is 1. The molecule has 0 saturated carbocycles. The van der Waals surface area contributed by atoms with Crippen molar-refractivity contribution in [1.82, 2.24) is 4.98 Å². The van der Waals surface area contributed by atoms with E-state index in [4.69, 9.17) is 21.1 Å². The van der Waals surface area contributed by atoms with Crippen molar-refractivity contribution in [1.29, 1.82) is 0 Å². The summed E-state index contributed by atoms with van der Waals surface area (Å²) >= 11 is 6.18. The van der Waals surface area contributed by atoms with Crippen molar-refractivity contribution in [3.63, 3.8) is 0 Å². The quantitative estimate of drug-likeness (QED) is 0.580. The van der Waals surface area contributed by atoms with Gasteiger partial charge in [0, 0.05) is 0 Å². The van der Waals surface area contributed by atoms with Gasteiger partial charge in [0.05, 0.1) is 29.2 Å². The lowest BCUT2D eigenvalue weighted by Gasteiger charge is -2.20. The predicted molar refractivity (Wildman–Crippen MR) is 99.4 cm³/mol. The summed E-state index contributed by atoms with van der Waals surface area (Å²) in [7, 11) is 0. The highest BCUT2D eigenvalue weighted by atomic mass is 35.5. The van der Waals surface area contributed by atoms with Crippen LogP contribution in [-0.2, 0) is 9.47 Å². The molecule has 5 nitrogen and oxygen atoms in total. The Morgan fingerprint density at radius 2 is 1.84 bits per heavy atom. The number of rotatable bonds is 4. The van der Waals surface area contributed by atoms with E-state index in [0.717, 1.165) is 5.71 Å². The van der Waals surface area contributed by atoms with Gasteiger partial charge in [0.25, 0.3) is 0 Å². The Bertz CT molecular complexity index is 712. The molecule has 1 aliphatic rings. The van der Waals surface area contributed by atoms with Gasteiger partial charge in [0.2, 0.25) is 0 Å². The maximum Gasteiger partial charge on any atom is 0.341 e. The van der Waals surface area contributed by atoms with Crippen LogP contribution in [0.5, 0.6) is 0 Å². The van der Waals surface area contributed by atoms with Gasteiger partial charge in [-0.2, -0.15) is 0 Å². The smallest absolute Gasteiger partial charge is 0.341 e. The topological polar surface area (TPSA) is 60.8 Å². The SMILES string of the molecule is CC(C)(C)OCC1=NC(c2ccc(C(=O)OC(C)(C)C)c(Cl)n2)C=C1. The molecule has 0 bridgehead atoms. The lowest BCUT2D eigenvalue weighted by molar-refractivity contribution is 0.00690. The molecule has 0 saturated heterocycles. The van der Waals surface area contributed by atoms with Gasteiger partial charge in [0.1, 0.15) is 16.8 Å².